The molecule has 0 aliphatic carbocycles. The fraction of sp³-hybridized carbons (Fsp3) is 0.158. The number of hydrogen-bond donors (Lipinski definition) is 1. The van der Waals surface area contributed by atoms with Crippen LogP contribution in [0.3, 0.4) is 0 Å². The minimum atomic E-state index is -2.89. The lowest BCUT2D eigenvalue weighted by Crippen LogP contribution is -2.09. The van der Waals surface area contributed by atoms with Crippen LogP contribution < -0.4 is 10.1 Å². The number of nitro groups is 1. The van der Waals surface area contributed by atoms with Gasteiger partial charge in [-0.25, -0.2) is 4.98 Å². The Morgan fingerprint density at radius 2 is 1.93 bits per heavy atom. The largest absolute Gasteiger partial charge is 0.435 e. The van der Waals surface area contributed by atoms with Gasteiger partial charge in [-0.1, -0.05) is 12.1 Å². The Morgan fingerprint density at radius 1 is 1.21 bits per heavy atom. The normalized spacial score (nSPS) is 11.8. The first-order valence-electron chi connectivity index (χ1n) is 8.18. The lowest BCUT2D eigenvalue weighted by Gasteiger charge is -2.16. The number of nitrogens with one attached hydrogen (secondary N) is 1. The molecule has 0 radical (unpaired) electrons. The quantitative estimate of drug-likeness (QED) is 0.484. The summed E-state index contributed by atoms with van der Waals surface area (Å²) in [5.74, 6) is 0.474. The minimum Gasteiger partial charge on any atom is -0.435 e. The van der Waals surface area contributed by atoms with Crippen molar-refractivity contribution < 1.29 is 18.4 Å². The lowest BCUT2D eigenvalue weighted by molar-refractivity contribution is -0.384. The molecule has 0 fully saturated rings. The van der Waals surface area contributed by atoms with Gasteiger partial charge in [0.1, 0.15) is 11.6 Å². The third-order valence-electron chi connectivity index (χ3n) is 4.09. The predicted octanol–water partition coefficient (Wildman–Crippen LogP) is 4.79. The highest BCUT2D eigenvalue weighted by Gasteiger charge is 2.13. The molecule has 7 nitrogen and oxygen atoms in total. The van der Waals surface area contributed by atoms with Crippen LogP contribution in [-0.2, 0) is 0 Å². The summed E-state index contributed by atoms with van der Waals surface area (Å²) in [5.41, 5.74) is 1.38. The Morgan fingerprint density at radius 3 is 2.54 bits per heavy atom. The van der Waals surface area contributed by atoms with Gasteiger partial charge in [0.05, 0.1) is 22.1 Å². The molecule has 1 N–H and O–H groups in total. The third-order valence-corrected chi connectivity index (χ3v) is 4.09. The molecule has 0 aliphatic heterocycles. The number of pyridine rings is 1. The SMILES string of the molecule is CC(Nc1cc(C#N)c2cc([N+](=O)[O-])ccc2n1)c1ccc(OC(F)F)cc1. The molecular weight excluding hydrogens is 370 g/mol. The van der Waals surface area contributed by atoms with Crippen molar-refractivity contribution in [2.45, 2.75) is 19.6 Å². The van der Waals surface area contributed by atoms with Crippen LogP contribution in [-0.4, -0.2) is 16.5 Å². The van der Waals surface area contributed by atoms with E-state index in [4.69, 9.17) is 0 Å². The van der Waals surface area contributed by atoms with Gasteiger partial charge >= 0.3 is 6.61 Å². The van der Waals surface area contributed by atoms with E-state index in [9.17, 15) is 24.2 Å². The van der Waals surface area contributed by atoms with E-state index in [0.29, 0.717) is 16.7 Å². The molecular formula is C19H14F2N4O3. The van der Waals surface area contributed by atoms with E-state index in [2.05, 4.69) is 15.0 Å². The Labute approximate surface area is 158 Å². The van der Waals surface area contributed by atoms with Crippen molar-refractivity contribution in [1.29, 1.82) is 5.26 Å². The molecule has 28 heavy (non-hydrogen) atoms. The molecule has 0 saturated carbocycles. The van der Waals surface area contributed by atoms with Gasteiger partial charge < -0.3 is 10.1 Å². The summed E-state index contributed by atoms with van der Waals surface area (Å²) in [6.07, 6.45) is 0. The molecule has 142 valence electrons. The van der Waals surface area contributed by atoms with Crippen molar-refractivity contribution in [2.24, 2.45) is 0 Å². The van der Waals surface area contributed by atoms with Crippen LogP contribution in [0.15, 0.2) is 48.5 Å². The number of nitriles is 1. The number of alkyl halides is 2. The van der Waals surface area contributed by atoms with Crippen molar-refractivity contribution in [3.8, 4) is 11.8 Å². The highest BCUT2D eigenvalue weighted by molar-refractivity contribution is 5.88. The summed E-state index contributed by atoms with van der Waals surface area (Å²) in [5, 5.41) is 23.9. The van der Waals surface area contributed by atoms with Gasteiger partial charge in [-0.3, -0.25) is 10.1 Å². The van der Waals surface area contributed by atoms with Gasteiger partial charge in [0, 0.05) is 23.6 Å². The molecule has 1 aromatic heterocycles. The number of non-ortho nitro benzene ring substituents is 1. The average Bonchev–Trinajstić information content (AvgIpc) is 2.66. The van der Waals surface area contributed by atoms with Crippen molar-refractivity contribution >= 4 is 22.4 Å². The van der Waals surface area contributed by atoms with Crippen LogP contribution in [0, 0.1) is 21.4 Å². The summed E-state index contributed by atoms with van der Waals surface area (Å²) < 4.78 is 28.8. The minimum absolute atomic E-state index is 0.0585. The maximum Gasteiger partial charge on any atom is 0.387 e. The number of ether oxygens (including phenoxy) is 1. The van der Waals surface area contributed by atoms with Crippen LogP contribution in [0.4, 0.5) is 20.3 Å². The molecule has 0 amide bonds. The number of rotatable bonds is 6. The molecule has 0 spiro atoms. The van der Waals surface area contributed by atoms with Gasteiger partial charge in [0.25, 0.3) is 5.69 Å². The highest BCUT2D eigenvalue weighted by atomic mass is 19.3. The molecule has 1 unspecified atom stereocenters. The zero-order chi connectivity index (χ0) is 20.3. The van der Waals surface area contributed by atoms with Gasteiger partial charge in [-0.15, -0.1) is 0 Å². The second-order valence-electron chi connectivity index (χ2n) is 5.94. The summed E-state index contributed by atoms with van der Waals surface area (Å²) in [4.78, 5) is 14.8. The number of nitrogens with zero attached hydrogens (tertiary/aromatic N) is 3. The number of fused-ring (bicyclic) bond motifs is 1. The van der Waals surface area contributed by atoms with Gasteiger partial charge in [0.15, 0.2) is 0 Å². The summed E-state index contributed by atoms with van der Waals surface area (Å²) in [6.45, 7) is -1.04. The van der Waals surface area contributed by atoms with E-state index in [1.54, 1.807) is 12.1 Å². The fourth-order valence-electron chi connectivity index (χ4n) is 2.74. The third kappa shape index (κ3) is 4.12. The van der Waals surface area contributed by atoms with E-state index in [0.717, 1.165) is 5.56 Å². The summed E-state index contributed by atoms with van der Waals surface area (Å²) >= 11 is 0. The lowest BCUT2D eigenvalue weighted by atomic mass is 10.1. The first-order valence-corrected chi connectivity index (χ1v) is 8.18. The molecule has 0 saturated heterocycles. The van der Waals surface area contributed by atoms with Crippen LogP contribution in [0.5, 0.6) is 5.75 Å². The predicted molar refractivity (Wildman–Crippen MR) is 98.2 cm³/mol. The average molecular weight is 384 g/mol. The maximum atomic E-state index is 12.2. The van der Waals surface area contributed by atoms with Crippen molar-refractivity contribution in [2.75, 3.05) is 5.32 Å². The summed E-state index contributed by atoms with van der Waals surface area (Å²) in [7, 11) is 0. The second kappa shape index (κ2) is 7.84. The first kappa shape index (κ1) is 19.0. The number of hydrogen-bond acceptors (Lipinski definition) is 6. The van der Waals surface area contributed by atoms with Crippen molar-refractivity contribution in [1.82, 2.24) is 4.98 Å². The monoisotopic (exact) mass is 384 g/mol. The first-order chi connectivity index (χ1) is 13.4. The molecule has 3 aromatic rings. The zero-order valence-electron chi connectivity index (χ0n) is 14.6. The number of anilines is 1. The fourth-order valence-corrected chi connectivity index (χ4v) is 2.74. The molecule has 0 bridgehead atoms. The Hall–Kier alpha value is -3.80. The highest BCUT2D eigenvalue weighted by Crippen LogP contribution is 2.27. The van der Waals surface area contributed by atoms with Crippen LogP contribution in [0.2, 0.25) is 0 Å². The number of aromatic nitrogens is 1. The van der Waals surface area contributed by atoms with Crippen LogP contribution in [0.1, 0.15) is 24.1 Å². The zero-order valence-corrected chi connectivity index (χ0v) is 14.6. The number of halogens is 2. The van der Waals surface area contributed by atoms with Crippen LogP contribution >= 0.6 is 0 Å². The molecule has 3 rings (SSSR count). The van der Waals surface area contributed by atoms with E-state index in [1.165, 1.54) is 36.4 Å². The number of nitro benzene ring substituents is 1. The van der Waals surface area contributed by atoms with Crippen LogP contribution in [0.25, 0.3) is 10.9 Å². The van der Waals surface area contributed by atoms with Gasteiger partial charge in [-0.05, 0) is 36.8 Å². The molecule has 2 aromatic carbocycles. The Kier molecular flexibility index (Phi) is 5.31. The maximum absolute atomic E-state index is 12.2. The van der Waals surface area contributed by atoms with E-state index in [1.807, 2.05) is 13.0 Å². The topological polar surface area (TPSA) is 101 Å². The number of benzene rings is 2. The second-order valence-corrected chi connectivity index (χ2v) is 5.94. The van der Waals surface area contributed by atoms with Crippen molar-refractivity contribution in [3.05, 3.63) is 69.8 Å². The van der Waals surface area contributed by atoms with E-state index >= 15 is 0 Å². The molecule has 1 heterocycles. The molecule has 9 heteroatoms. The van der Waals surface area contributed by atoms with E-state index < -0.39 is 11.5 Å². The van der Waals surface area contributed by atoms with Crippen molar-refractivity contribution in [3.63, 3.8) is 0 Å². The Bertz CT molecular complexity index is 1070. The smallest absolute Gasteiger partial charge is 0.387 e. The van der Waals surface area contributed by atoms with Gasteiger partial charge in [0.2, 0.25) is 0 Å². The standard InChI is InChI=1S/C19H14F2N4O3/c1-11(12-2-5-15(6-3-12)28-19(20)21)23-18-8-13(10-22)16-9-14(25(26)27)4-7-17(16)24-18/h2-9,11,19H,1H3,(H,23,24). The van der Waals surface area contributed by atoms with Gasteiger partial charge in [-0.2, -0.15) is 14.0 Å². The Balaban J connectivity index is 1.86. The summed E-state index contributed by atoms with van der Waals surface area (Å²) in [6, 6.07) is 13.6. The molecule has 0 aliphatic rings. The molecule has 1 atom stereocenters. The van der Waals surface area contributed by atoms with E-state index in [-0.39, 0.29) is 23.0 Å².